The van der Waals surface area contributed by atoms with Gasteiger partial charge in [0.05, 0.1) is 6.54 Å². The lowest BCUT2D eigenvalue weighted by molar-refractivity contribution is -0.143. The molecular weight excluding hydrogens is 374 g/mol. The highest BCUT2D eigenvalue weighted by Crippen LogP contribution is 2.44. The van der Waals surface area contributed by atoms with E-state index in [-0.39, 0.29) is 32.2 Å². The topological polar surface area (TPSA) is 113 Å². The minimum atomic E-state index is -1.21. The number of amides is 3. The van der Waals surface area contributed by atoms with Gasteiger partial charge in [-0.15, -0.1) is 0 Å². The van der Waals surface area contributed by atoms with E-state index in [1.807, 2.05) is 36.4 Å². The Morgan fingerprint density at radius 1 is 1.00 bits per heavy atom. The molecule has 2 aromatic rings. The van der Waals surface area contributed by atoms with E-state index in [0.29, 0.717) is 0 Å². The number of urea groups is 1. The number of benzene rings is 2. The molecule has 0 bridgehead atoms. The summed E-state index contributed by atoms with van der Waals surface area (Å²) in [6.07, 6.45) is -0.595. The molecule has 0 radical (unpaired) electrons. The van der Waals surface area contributed by atoms with Crippen molar-refractivity contribution in [2.45, 2.75) is 12.0 Å². The molecule has 1 aliphatic heterocycles. The van der Waals surface area contributed by atoms with Crippen LogP contribution >= 0.6 is 0 Å². The Kier molecular flexibility index (Phi) is 4.84. The summed E-state index contributed by atoms with van der Waals surface area (Å²) in [5.74, 6) is -1.28. The van der Waals surface area contributed by atoms with E-state index in [2.05, 4.69) is 12.1 Å². The second-order valence-electron chi connectivity index (χ2n) is 7.14. The fourth-order valence-corrected chi connectivity index (χ4v) is 4.11. The molecule has 1 heterocycles. The number of carbonyl (C=O) groups is 3. The first kappa shape index (κ1) is 18.8. The Balaban J connectivity index is 1.47. The molecule has 0 spiro atoms. The smallest absolute Gasteiger partial charge is 0.409 e. The molecule has 3 amide bonds. The molecule has 1 aliphatic carbocycles. The average Bonchev–Trinajstić information content (AvgIpc) is 3.05. The number of hydrogen-bond acceptors (Lipinski definition) is 4. The third-order valence-corrected chi connectivity index (χ3v) is 5.54. The number of fused-ring (bicyclic) bond motifs is 3. The van der Waals surface area contributed by atoms with Gasteiger partial charge in [0.15, 0.2) is 0 Å². The average molecular weight is 395 g/mol. The van der Waals surface area contributed by atoms with Gasteiger partial charge in [-0.25, -0.2) is 14.4 Å². The van der Waals surface area contributed by atoms with Gasteiger partial charge in [0.25, 0.3) is 0 Å². The van der Waals surface area contributed by atoms with E-state index in [0.717, 1.165) is 27.2 Å². The van der Waals surface area contributed by atoms with Crippen LogP contribution in [0.15, 0.2) is 48.5 Å². The Hall–Kier alpha value is -3.55. The summed E-state index contributed by atoms with van der Waals surface area (Å²) in [5.41, 5.74) is 9.70. The molecule has 0 aromatic heterocycles. The van der Waals surface area contributed by atoms with Gasteiger partial charge in [-0.05, 0) is 22.3 Å². The van der Waals surface area contributed by atoms with Gasteiger partial charge in [-0.2, -0.15) is 0 Å². The molecule has 1 atom stereocenters. The molecular formula is C21H21N3O5. The van der Waals surface area contributed by atoms with Crippen molar-refractivity contribution in [1.82, 2.24) is 9.80 Å². The van der Waals surface area contributed by atoms with Crippen LogP contribution < -0.4 is 5.73 Å². The number of carboxylic acids is 1. The molecule has 0 saturated carbocycles. The molecule has 8 heteroatoms. The zero-order chi connectivity index (χ0) is 20.5. The van der Waals surface area contributed by atoms with Crippen molar-refractivity contribution >= 4 is 18.1 Å². The number of ether oxygens (including phenoxy) is 1. The van der Waals surface area contributed by atoms with Crippen LogP contribution in [0.3, 0.4) is 0 Å². The summed E-state index contributed by atoms with van der Waals surface area (Å²) in [6, 6.07) is 14.0. The predicted molar refractivity (Wildman–Crippen MR) is 104 cm³/mol. The van der Waals surface area contributed by atoms with Gasteiger partial charge < -0.3 is 25.4 Å². The summed E-state index contributed by atoms with van der Waals surface area (Å²) in [5, 5.41) is 9.35. The fourth-order valence-electron chi connectivity index (χ4n) is 4.11. The number of aliphatic carboxylic acids is 1. The van der Waals surface area contributed by atoms with Gasteiger partial charge in [0.1, 0.15) is 12.6 Å². The first-order valence-corrected chi connectivity index (χ1v) is 9.36. The third-order valence-electron chi connectivity index (χ3n) is 5.54. The first-order valence-electron chi connectivity index (χ1n) is 9.36. The van der Waals surface area contributed by atoms with Crippen molar-refractivity contribution in [3.05, 3.63) is 59.7 Å². The highest BCUT2D eigenvalue weighted by Gasteiger charge is 2.37. The number of nitrogens with zero attached hydrogens (tertiary/aromatic N) is 2. The number of rotatable bonds is 3. The maximum Gasteiger partial charge on any atom is 0.409 e. The molecule has 1 unspecified atom stereocenters. The quantitative estimate of drug-likeness (QED) is 0.826. The van der Waals surface area contributed by atoms with Crippen molar-refractivity contribution in [2.24, 2.45) is 5.73 Å². The number of nitrogens with two attached hydrogens (primary N) is 1. The van der Waals surface area contributed by atoms with Crippen molar-refractivity contribution in [1.29, 1.82) is 0 Å². The lowest BCUT2D eigenvalue weighted by atomic mass is 9.98. The molecule has 2 aromatic carbocycles. The largest absolute Gasteiger partial charge is 0.480 e. The number of hydrogen-bond donors (Lipinski definition) is 2. The van der Waals surface area contributed by atoms with Crippen LogP contribution in [-0.2, 0) is 9.53 Å². The minimum Gasteiger partial charge on any atom is -0.480 e. The van der Waals surface area contributed by atoms with Crippen molar-refractivity contribution in [3.8, 4) is 11.1 Å². The van der Waals surface area contributed by atoms with E-state index in [9.17, 15) is 19.5 Å². The highest BCUT2D eigenvalue weighted by molar-refractivity contribution is 5.83. The highest BCUT2D eigenvalue weighted by atomic mass is 16.6. The molecule has 3 N–H and O–H groups in total. The van der Waals surface area contributed by atoms with Crippen LogP contribution in [0.4, 0.5) is 9.59 Å². The van der Waals surface area contributed by atoms with Crippen molar-refractivity contribution in [3.63, 3.8) is 0 Å². The molecule has 1 fully saturated rings. The molecule has 4 rings (SSSR count). The van der Waals surface area contributed by atoms with E-state index in [4.69, 9.17) is 10.5 Å². The summed E-state index contributed by atoms with van der Waals surface area (Å²) < 4.78 is 5.56. The van der Waals surface area contributed by atoms with Gasteiger partial charge >= 0.3 is 18.1 Å². The Morgan fingerprint density at radius 3 is 2.14 bits per heavy atom. The van der Waals surface area contributed by atoms with Gasteiger partial charge in [0, 0.05) is 19.0 Å². The van der Waals surface area contributed by atoms with Crippen molar-refractivity contribution < 1.29 is 24.2 Å². The zero-order valence-corrected chi connectivity index (χ0v) is 15.7. The second-order valence-corrected chi connectivity index (χ2v) is 7.14. The summed E-state index contributed by atoms with van der Waals surface area (Å²) in [4.78, 5) is 37.8. The summed E-state index contributed by atoms with van der Waals surface area (Å²) in [7, 11) is 0. The Morgan fingerprint density at radius 2 is 1.59 bits per heavy atom. The summed E-state index contributed by atoms with van der Waals surface area (Å²) in [6.45, 7) is 0.218. The predicted octanol–water partition coefficient (Wildman–Crippen LogP) is 2.08. The normalized spacial score (nSPS) is 18.1. The van der Waals surface area contributed by atoms with Crippen LogP contribution in [0.25, 0.3) is 11.1 Å². The second kappa shape index (κ2) is 7.46. The molecule has 1 saturated heterocycles. The minimum absolute atomic E-state index is 0.0521. The molecule has 2 aliphatic rings. The van der Waals surface area contributed by atoms with Gasteiger partial charge in [0.2, 0.25) is 0 Å². The molecule has 150 valence electrons. The lowest BCUT2D eigenvalue weighted by Crippen LogP contribution is -2.60. The number of carboxylic acid groups (broad SMARTS) is 1. The van der Waals surface area contributed by atoms with Crippen molar-refractivity contribution in [2.75, 3.05) is 26.2 Å². The fraction of sp³-hybridized carbons (Fsp3) is 0.286. The van der Waals surface area contributed by atoms with E-state index >= 15 is 0 Å². The SMILES string of the molecule is NC(=O)N1CCN(C(=O)OCC2c3ccccc3-c3ccccc32)CC1C(=O)O. The maximum atomic E-state index is 12.6. The maximum absolute atomic E-state index is 12.6. The monoisotopic (exact) mass is 395 g/mol. The number of primary amides is 1. The standard InChI is InChI=1S/C21H21N3O5/c22-20(27)24-10-9-23(11-18(24)19(25)26)21(28)29-12-17-15-7-3-1-5-13(15)14-6-2-4-8-16(14)17/h1-8,17-18H,9-12H2,(H2,22,27)(H,25,26). The van der Waals surface area contributed by atoms with E-state index < -0.39 is 24.1 Å². The summed E-state index contributed by atoms with van der Waals surface area (Å²) >= 11 is 0. The lowest BCUT2D eigenvalue weighted by Gasteiger charge is -2.37. The van der Waals surface area contributed by atoms with Crippen LogP contribution in [0.5, 0.6) is 0 Å². The number of carbonyl (C=O) groups excluding carboxylic acids is 2. The Labute approximate surface area is 167 Å². The zero-order valence-electron chi connectivity index (χ0n) is 15.7. The third kappa shape index (κ3) is 3.37. The number of piperazine rings is 1. The molecule has 8 nitrogen and oxygen atoms in total. The molecule has 29 heavy (non-hydrogen) atoms. The van der Waals surface area contributed by atoms with E-state index in [1.54, 1.807) is 0 Å². The van der Waals surface area contributed by atoms with Crippen LogP contribution in [0.2, 0.25) is 0 Å². The van der Waals surface area contributed by atoms with Crippen LogP contribution in [0.1, 0.15) is 17.0 Å². The van der Waals surface area contributed by atoms with Gasteiger partial charge in [-0.3, -0.25) is 0 Å². The van der Waals surface area contributed by atoms with E-state index in [1.165, 1.54) is 4.90 Å². The van der Waals surface area contributed by atoms with Crippen LogP contribution in [-0.4, -0.2) is 65.3 Å². The van der Waals surface area contributed by atoms with Crippen LogP contribution in [0, 0.1) is 0 Å². The van der Waals surface area contributed by atoms with Gasteiger partial charge in [-0.1, -0.05) is 48.5 Å². The Bertz CT molecular complexity index is 931. The first-order chi connectivity index (χ1) is 14.0.